The molecule has 0 saturated heterocycles. The van der Waals surface area contributed by atoms with E-state index in [4.69, 9.17) is 10.0 Å². The van der Waals surface area contributed by atoms with Crippen LogP contribution in [0.15, 0.2) is 24.3 Å². The monoisotopic (exact) mass is 165 g/mol. The van der Waals surface area contributed by atoms with Gasteiger partial charge in [-0.1, -0.05) is 12.1 Å². The third-order valence-electron chi connectivity index (χ3n) is 1.42. The minimum Gasteiger partial charge on any atom is -0.430 e. The molecule has 0 aromatic heterocycles. The number of rotatable bonds is 0. The highest BCUT2D eigenvalue weighted by atomic mass is 16.4. The lowest BCUT2D eigenvalue weighted by Gasteiger charge is -2.17. The van der Waals surface area contributed by atoms with Crippen molar-refractivity contribution in [1.82, 2.24) is 0 Å². The van der Waals surface area contributed by atoms with Gasteiger partial charge in [-0.25, -0.2) is 0 Å². The zero-order valence-electron chi connectivity index (χ0n) is 6.32. The number of amides is 1. The SMILES string of the molecule is O=C1Nc2ccccc21.OBO. The number of carbonyl (C=O) groups excluding carboxylic acids is 1. The zero-order valence-corrected chi connectivity index (χ0v) is 6.32. The van der Waals surface area contributed by atoms with Gasteiger partial charge >= 0.3 is 7.69 Å². The largest absolute Gasteiger partial charge is 0.432 e. The Morgan fingerprint density at radius 3 is 2.25 bits per heavy atom. The van der Waals surface area contributed by atoms with Gasteiger partial charge in [0, 0.05) is 0 Å². The van der Waals surface area contributed by atoms with Crippen LogP contribution in [-0.2, 0) is 0 Å². The molecule has 1 aromatic carbocycles. The summed E-state index contributed by atoms with van der Waals surface area (Å²) in [4.78, 5) is 10.6. The van der Waals surface area contributed by atoms with Crippen LogP contribution in [0.5, 0.6) is 0 Å². The normalized spacial score (nSPS) is 11.3. The van der Waals surface area contributed by atoms with Crippen molar-refractivity contribution in [3.63, 3.8) is 0 Å². The summed E-state index contributed by atoms with van der Waals surface area (Å²) in [6.45, 7) is 0. The number of hydrogen-bond donors (Lipinski definition) is 3. The quantitative estimate of drug-likeness (QED) is 0.453. The summed E-state index contributed by atoms with van der Waals surface area (Å²) in [5.74, 6) is 0.0330. The Morgan fingerprint density at radius 2 is 1.83 bits per heavy atom. The van der Waals surface area contributed by atoms with Crippen LogP contribution in [0.2, 0.25) is 0 Å². The fraction of sp³-hybridized carbons (Fsp3) is 0. The number of fused-ring (bicyclic) bond motifs is 1. The third-order valence-corrected chi connectivity index (χ3v) is 1.42. The molecule has 0 atom stereocenters. The molecule has 0 spiro atoms. The van der Waals surface area contributed by atoms with Crippen molar-refractivity contribution in [3.05, 3.63) is 29.8 Å². The molecule has 4 nitrogen and oxygen atoms in total. The number of para-hydroxylation sites is 1. The van der Waals surface area contributed by atoms with E-state index in [2.05, 4.69) is 5.32 Å². The number of hydrogen-bond acceptors (Lipinski definition) is 3. The highest BCUT2D eigenvalue weighted by Crippen LogP contribution is 2.23. The van der Waals surface area contributed by atoms with Crippen molar-refractivity contribution in [1.29, 1.82) is 0 Å². The summed E-state index contributed by atoms with van der Waals surface area (Å²) in [6.07, 6.45) is 0. The molecule has 2 rings (SSSR count). The van der Waals surface area contributed by atoms with Crippen molar-refractivity contribution in [2.75, 3.05) is 5.32 Å². The molecule has 0 saturated carbocycles. The molecule has 1 amide bonds. The van der Waals surface area contributed by atoms with Crippen LogP contribution in [0.4, 0.5) is 5.69 Å². The molecule has 0 aliphatic carbocycles. The second kappa shape index (κ2) is 3.89. The lowest BCUT2D eigenvalue weighted by Crippen LogP contribution is -2.23. The Labute approximate surface area is 70.2 Å². The average Bonchev–Trinajstić information content (AvgIpc) is 2.04. The molecule has 1 aromatic rings. The van der Waals surface area contributed by atoms with Gasteiger partial charge in [-0.2, -0.15) is 0 Å². The van der Waals surface area contributed by atoms with Crippen molar-refractivity contribution in [2.45, 2.75) is 0 Å². The number of carbonyl (C=O) groups is 1. The molecule has 1 aliphatic rings. The maximum absolute atomic E-state index is 10.6. The molecular weight excluding hydrogens is 157 g/mol. The molecule has 12 heavy (non-hydrogen) atoms. The lowest BCUT2D eigenvalue weighted by atomic mass is 10.1. The van der Waals surface area contributed by atoms with E-state index in [0.29, 0.717) is 0 Å². The maximum atomic E-state index is 10.6. The summed E-state index contributed by atoms with van der Waals surface area (Å²) in [6, 6.07) is 7.46. The van der Waals surface area contributed by atoms with Crippen LogP contribution in [0, 0.1) is 0 Å². The summed E-state index contributed by atoms with van der Waals surface area (Å²) < 4.78 is 0. The van der Waals surface area contributed by atoms with Gasteiger partial charge in [0.15, 0.2) is 0 Å². The topological polar surface area (TPSA) is 69.6 Å². The standard InChI is InChI=1S/C7H5NO.BH3O2/c9-7-5-3-1-2-4-6(5)8-7;2-1-3/h1-4H,(H,8,9);1-3H. The van der Waals surface area contributed by atoms with Gasteiger partial charge in [0.05, 0.1) is 11.3 Å². The van der Waals surface area contributed by atoms with Gasteiger partial charge in [-0.3, -0.25) is 4.79 Å². The second-order valence-corrected chi connectivity index (χ2v) is 2.14. The van der Waals surface area contributed by atoms with Crippen LogP contribution >= 0.6 is 0 Å². The molecule has 1 aliphatic heterocycles. The summed E-state index contributed by atoms with van der Waals surface area (Å²) >= 11 is 0. The first-order chi connectivity index (χ1) is 5.79. The van der Waals surface area contributed by atoms with E-state index in [1.165, 1.54) is 0 Å². The van der Waals surface area contributed by atoms with Crippen LogP contribution in [0.3, 0.4) is 0 Å². The highest BCUT2D eigenvalue weighted by molar-refractivity contribution is 6.17. The van der Waals surface area contributed by atoms with Gasteiger partial charge in [0.1, 0.15) is 0 Å². The van der Waals surface area contributed by atoms with Crippen molar-refractivity contribution < 1.29 is 14.8 Å². The summed E-state index contributed by atoms with van der Waals surface area (Å²) in [7, 11) is -0.750. The molecule has 0 fully saturated rings. The predicted molar refractivity (Wildman–Crippen MR) is 46.0 cm³/mol. The number of benzene rings is 1. The average molecular weight is 165 g/mol. The third kappa shape index (κ3) is 1.64. The number of anilines is 1. The fourth-order valence-electron chi connectivity index (χ4n) is 0.917. The van der Waals surface area contributed by atoms with E-state index in [-0.39, 0.29) is 5.91 Å². The Kier molecular flexibility index (Phi) is 2.84. The van der Waals surface area contributed by atoms with Gasteiger partial charge in [0.25, 0.3) is 5.91 Å². The summed E-state index contributed by atoms with van der Waals surface area (Å²) in [5, 5.41) is 16.9. The van der Waals surface area contributed by atoms with Crippen molar-refractivity contribution in [2.24, 2.45) is 0 Å². The van der Waals surface area contributed by atoms with E-state index in [1.54, 1.807) is 0 Å². The van der Waals surface area contributed by atoms with Crippen LogP contribution < -0.4 is 5.32 Å². The summed E-state index contributed by atoms with van der Waals surface area (Å²) in [5.41, 5.74) is 1.75. The van der Waals surface area contributed by atoms with E-state index in [0.717, 1.165) is 11.3 Å². The minimum absolute atomic E-state index is 0.0330. The molecule has 1 heterocycles. The molecular formula is C7H8BNO3. The lowest BCUT2D eigenvalue weighted by molar-refractivity contribution is 0.101. The van der Waals surface area contributed by atoms with Crippen LogP contribution in [-0.4, -0.2) is 23.6 Å². The second-order valence-electron chi connectivity index (χ2n) is 2.14. The van der Waals surface area contributed by atoms with Gasteiger partial charge in [0.2, 0.25) is 0 Å². The fourth-order valence-corrected chi connectivity index (χ4v) is 0.917. The molecule has 62 valence electrons. The minimum atomic E-state index is -0.750. The molecule has 0 unspecified atom stereocenters. The van der Waals surface area contributed by atoms with Crippen molar-refractivity contribution >= 4 is 19.3 Å². The molecule has 3 N–H and O–H groups in total. The van der Waals surface area contributed by atoms with Crippen LogP contribution in [0.1, 0.15) is 10.4 Å². The first kappa shape index (κ1) is 8.77. The molecule has 5 heteroatoms. The van der Waals surface area contributed by atoms with E-state index >= 15 is 0 Å². The van der Waals surface area contributed by atoms with Crippen LogP contribution in [0.25, 0.3) is 0 Å². The predicted octanol–water partition coefficient (Wildman–Crippen LogP) is -0.510. The van der Waals surface area contributed by atoms with E-state index < -0.39 is 7.69 Å². The first-order valence-corrected chi connectivity index (χ1v) is 3.41. The van der Waals surface area contributed by atoms with Gasteiger partial charge < -0.3 is 15.4 Å². The Balaban J connectivity index is 0.000000213. The maximum Gasteiger partial charge on any atom is 0.432 e. The first-order valence-electron chi connectivity index (χ1n) is 3.41. The van der Waals surface area contributed by atoms with E-state index in [9.17, 15) is 4.79 Å². The highest BCUT2D eigenvalue weighted by Gasteiger charge is 2.19. The van der Waals surface area contributed by atoms with Gasteiger partial charge in [-0.15, -0.1) is 0 Å². The number of nitrogens with one attached hydrogen (secondary N) is 1. The zero-order chi connectivity index (χ0) is 8.97. The Morgan fingerprint density at radius 1 is 1.25 bits per heavy atom. The molecule has 0 radical (unpaired) electrons. The van der Waals surface area contributed by atoms with Crippen molar-refractivity contribution in [3.8, 4) is 0 Å². The Bertz CT molecular complexity index is 290. The van der Waals surface area contributed by atoms with Gasteiger partial charge in [-0.05, 0) is 12.1 Å². The Hall–Kier alpha value is -1.33. The molecule has 0 bridgehead atoms. The van der Waals surface area contributed by atoms with E-state index in [1.807, 2.05) is 24.3 Å². The smallest absolute Gasteiger partial charge is 0.430 e.